The van der Waals surface area contributed by atoms with E-state index in [4.69, 9.17) is 0 Å². The number of unbranched alkanes of at least 4 members (excludes halogenated alkanes) is 3. The summed E-state index contributed by atoms with van der Waals surface area (Å²) in [6.45, 7) is 3.78. The van der Waals surface area contributed by atoms with Gasteiger partial charge in [-0.3, -0.25) is 4.21 Å². The minimum atomic E-state index is -4.19. The molecule has 0 spiro atoms. The van der Waals surface area contributed by atoms with Crippen LogP contribution in [0.5, 0.6) is 11.5 Å². The molecule has 0 radical (unpaired) electrons. The summed E-state index contributed by atoms with van der Waals surface area (Å²) in [5, 5.41) is 21.5. The van der Waals surface area contributed by atoms with Crippen molar-refractivity contribution in [1.82, 2.24) is 4.90 Å². The SMILES string of the molecule is CCN(/C=C/CS(=O)/C=C/CCC(F)(F)F)CCCCCCC1=C(c2cccc(O)c2)CCCc2cc(O)ccc21. The summed E-state index contributed by atoms with van der Waals surface area (Å²) >= 11 is 0. The smallest absolute Gasteiger partial charge is 0.389 e. The molecule has 3 rings (SSSR count). The van der Waals surface area contributed by atoms with Crippen LogP contribution in [0.2, 0.25) is 0 Å². The van der Waals surface area contributed by atoms with Gasteiger partial charge in [0.05, 0.1) is 0 Å². The zero-order chi connectivity index (χ0) is 29.7. The van der Waals surface area contributed by atoms with Gasteiger partial charge in [0.25, 0.3) is 0 Å². The lowest BCUT2D eigenvalue weighted by Crippen LogP contribution is -2.18. The Labute approximate surface area is 244 Å². The molecule has 0 saturated carbocycles. The van der Waals surface area contributed by atoms with E-state index in [0.717, 1.165) is 70.0 Å². The van der Waals surface area contributed by atoms with E-state index in [-0.39, 0.29) is 17.9 Å². The van der Waals surface area contributed by atoms with Crippen molar-refractivity contribution in [2.45, 2.75) is 77.3 Å². The molecule has 1 atom stereocenters. The third-order valence-electron chi connectivity index (χ3n) is 7.29. The zero-order valence-corrected chi connectivity index (χ0v) is 24.7. The topological polar surface area (TPSA) is 60.8 Å². The maximum Gasteiger partial charge on any atom is 0.389 e. The van der Waals surface area contributed by atoms with Gasteiger partial charge in [-0.15, -0.1) is 0 Å². The lowest BCUT2D eigenvalue weighted by molar-refractivity contribution is -0.133. The molecule has 4 nitrogen and oxygen atoms in total. The van der Waals surface area contributed by atoms with Crippen molar-refractivity contribution in [2.75, 3.05) is 18.8 Å². The van der Waals surface area contributed by atoms with Crippen molar-refractivity contribution in [1.29, 1.82) is 0 Å². The molecule has 2 aromatic rings. The lowest BCUT2D eigenvalue weighted by atomic mass is 9.89. The van der Waals surface area contributed by atoms with Gasteiger partial charge in [0.1, 0.15) is 11.5 Å². The van der Waals surface area contributed by atoms with Crippen LogP contribution in [0, 0.1) is 0 Å². The maximum absolute atomic E-state index is 12.2. The molecular weight excluding hydrogens is 547 g/mol. The zero-order valence-electron chi connectivity index (χ0n) is 23.8. The van der Waals surface area contributed by atoms with Crippen molar-refractivity contribution >= 4 is 21.9 Å². The third-order valence-corrected chi connectivity index (χ3v) is 8.31. The van der Waals surface area contributed by atoms with Gasteiger partial charge in [-0.2, -0.15) is 13.2 Å². The number of hydrogen-bond donors (Lipinski definition) is 2. The van der Waals surface area contributed by atoms with E-state index >= 15 is 0 Å². The third kappa shape index (κ3) is 11.4. The van der Waals surface area contributed by atoms with Crippen LogP contribution in [-0.2, 0) is 17.2 Å². The Kier molecular flexibility index (Phi) is 13.0. The van der Waals surface area contributed by atoms with Gasteiger partial charge in [-0.25, -0.2) is 0 Å². The number of rotatable bonds is 15. The highest BCUT2D eigenvalue weighted by Gasteiger charge is 2.25. The molecule has 0 aromatic heterocycles. The highest BCUT2D eigenvalue weighted by atomic mass is 32.2. The molecule has 0 bridgehead atoms. The van der Waals surface area contributed by atoms with Crippen LogP contribution in [0.4, 0.5) is 13.2 Å². The Bertz CT molecular complexity index is 1240. The monoisotopic (exact) mass is 589 g/mol. The number of nitrogens with zero attached hydrogens (tertiary/aromatic N) is 1. The average Bonchev–Trinajstić information content (AvgIpc) is 3.10. The highest BCUT2D eigenvalue weighted by Crippen LogP contribution is 2.40. The predicted molar refractivity (Wildman–Crippen MR) is 163 cm³/mol. The van der Waals surface area contributed by atoms with Gasteiger partial charge in [-0.05, 0) is 116 Å². The number of fused-ring (bicyclic) bond motifs is 1. The molecule has 41 heavy (non-hydrogen) atoms. The minimum Gasteiger partial charge on any atom is -0.508 e. The fraction of sp³-hybridized carbons (Fsp3) is 0.455. The summed E-state index contributed by atoms with van der Waals surface area (Å²) in [7, 11) is -1.31. The Hall–Kier alpha value is -3.00. The second kappa shape index (κ2) is 16.4. The highest BCUT2D eigenvalue weighted by molar-refractivity contribution is 7.88. The van der Waals surface area contributed by atoms with Crippen molar-refractivity contribution in [3.8, 4) is 11.5 Å². The summed E-state index contributed by atoms with van der Waals surface area (Å²) < 4.78 is 48.6. The molecule has 224 valence electrons. The number of alkyl halides is 3. The van der Waals surface area contributed by atoms with Crippen LogP contribution >= 0.6 is 0 Å². The minimum absolute atomic E-state index is 0.148. The Morgan fingerprint density at radius 2 is 1.76 bits per heavy atom. The van der Waals surface area contributed by atoms with E-state index in [0.29, 0.717) is 5.75 Å². The van der Waals surface area contributed by atoms with Crippen LogP contribution in [0.3, 0.4) is 0 Å². The Morgan fingerprint density at radius 1 is 0.976 bits per heavy atom. The first kappa shape index (κ1) is 32.5. The molecule has 0 fully saturated rings. The van der Waals surface area contributed by atoms with Crippen LogP contribution < -0.4 is 0 Å². The normalized spacial score (nSPS) is 14.9. The van der Waals surface area contributed by atoms with Gasteiger partial charge in [0.15, 0.2) is 0 Å². The summed E-state index contributed by atoms with van der Waals surface area (Å²) in [5.74, 6) is 0.847. The van der Waals surface area contributed by atoms with Gasteiger partial charge in [0, 0.05) is 36.1 Å². The molecule has 1 aliphatic carbocycles. The Morgan fingerprint density at radius 3 is 2.51 bits per heavy atom. The van der Waals surface area contributed by atoms with Crippen LogP contribution in [0.25, 0.3) is 11.1 Å². The first-order chi connectivity index (χ1) is 19.7. The van der Waals surface area contributed by atoms with Gasteiger partial charge in [0.2, 0.25) is 0 Å². The van der Waals surface area contributed by atoms with Crippen molar-refractivity contribution in [3.63, 3.8) is 0 Å². The summed E-state index contributed by atoms with van der Waals surface area (Å²) in [6.07, 6.45) is 7.87. The number of allylic oxidation sites excluding steroid dienone is 3. The Balaban J connectivity index is 1.50. The van der Waals surface area contributed by atoms with Crippen LogP contribution in [0.1, 0.15) is 81.4 Å². The molecule has 0 aliphatic heterocycles. The molecule has 2 N–H and O–H groups in total. The molecule has 0 heterocycles. The molecule has 8 heteroatoms. The van der Waals surface area contributed by atoms with Crippen molar-refractivity contribution in [2.24, 2.45) is 0 Å². The molecule has 0 amide bonds. The fourth-order valence-electron chi connectivity index (χ4n) is 5.22. The number of phenols is 2. The largest absolute Gasteiger partial charge is 0.508 e. The predicted octanol–water partition coefficient (Wildman–Crippen LogP) is 8.74. The van der Waals surface area contributed by atoms with E-state index in [9.17, 15) is 27.6 Å². The average molecular weight is 590 g/mol. The lowest BCUT2D eigenvalue weighted by Gasteiger charge is -2.18. The van der Waals surface area contributed by atoms with Gasteiger partial charge >= 0.3 is 6.18 Å². The first-order valence-electron chi connectivity index (χ1n) is 14.5. The number of aryl methyl sites for hydroxylation is 1. The van der Waals surface area contributed by atoms with E-state index in [1.165, 1.54) is 33.8 Å². The number of phenolic OH excluding ortho intramolecular Hbond substituents is 2. The number of halogens is 3. The van der Waals surface area contributed by atoms with Crippen LogP contribution in [-0.4, -0.2) is 44.3 Å². The van der Waals surface area contributed by atoms with E-state index in [2.05, 4.69) is 17.9 Å². The molecule has 1 unspecified atom stereocenters. The van der Waals surface area contributed by atoms with E-state index in [1.54, 1.807) is 12.1 Å². The summed E-state index contributed by atoms with van der Waals surface area (Å²) in [4.78, 5) is 2.17. The van der Waals surface area contributed by atoms with Gasteiger partial charge in [-0.1, -0.05) is 43.2 Å². The molecule has 0 saturated heterocycles. The van der Waals surface area contributed by atoms with Crippen molar-refractivity contribution in [3.05, 3.63) is 82.9 Å². The molecule has 1 aliphatic rings. The second-order valence-electron chi connectivity index (χ2n) is 10.5. The second-order valence-corrected chi connectivity index (χ2v) is 11.8. The maximum atomic E-state index is 12.2. The first-order valence-corrected chi connectivity index (χ1v) is 15.9. The van der Waals surface area contributed by atoms with Crippen LogP contribution in [0.15, 0.2) is 66.2 Å². The van der Waals surface area contributed by atoms with E-state index < -0.39 is 23.4 Å². The van der Waals surface area contributed by atoms with E-state index in [1.807, 2.05) is 36.5 Å². The number of hydrogen-bond acceptors (Lipinski definition) is 4. The standard InChI is InChI=1S/C33H42F3NO3S/c1-2-37(21-11-23-41(40)22-8-6-19-33(34,35)36)20-7-4-3-5-15-32-30(26-12-9-14-28(38)24-26)16-10-13-27-25-29(39)17-18-31(27)32/h8-9,11-12,14,17-18,21-22,24-25,38-39H,2-7,10,13,15-16,19-20,23H2,1H3/b21-11+,22-8+. The number of benzene rings is 2. The molecular formula is C33H42F3NO3S. The fourth-order valence-corrected chi connectivity index (χ4v) is 5.96. The molecule has 2 aromatic carbocycles. The van der Waals surface area contributed by atoms with Crippen molar-refractivity contribution < 1.29 is 27.6 Å². The summed E-state index contributed by atoms with van der Waals surface area (Å²) in [6, 6.07) is 13.2. The summed E-state index contributed by atoms with van der Waals surface area (Å²) in [5.41, 5.74) is 6.03. The number of aromatic hydroxyl groups is 2. The van der Waals surface area contributed by atoms with Gasteiger partial charge < -0.3 is 15.1 Å². The quantitative estimate of drug-likeness (QED) is 0.204.